The summed E-state index contributed by atoms with van der Waals surface area (Å²) < 4.78 is 0. The van der Waals surface area contributed by atoms with E-state index in [-0.39, 0.29) is 12.6 Å². The first-order valence-corrected chi connectivity index (χ1v) is 8.30. The minimum absolute atomic E-state index is 0.0877. The predicted octanol–water partition coefficient (Wildman–Crippen LogP) is 2.85. The maximum absolute atomic E-state index is 12.3. The van der Waals surface area contributed by atoms with Crippen LogP contribution in [0, 0.1) is 11.3 Å². The van der Waals surface area contributed by atoms with Gasteiger partial charge in [0.2, 0.25) is 0 Å². The number of nitrogens with one attached hydrogen (secondary N) is 1. The van der Waals surface area contributed by atoms with Crippen LogP contribution in [0.15, 0.2) is 0 Å². The summed E-state index contributed by atoms with van der Waals surface area (Å²) >= 11 is 0. The maximum Gasteiger partial charge on any atom is 0.317 e. The molecule has 5 heteroatoms. The monoisotopic (exact) mass is 296 g/mol. The molecule has 2 aliphatic rings. The average Bonchev–Trinajstić information content (AvgIpc) is 2.70. The Morgan fingerprint density at radius 1 is 1.14 bits per heavy atom. The van der Waals surface area contributed by atoms with Crippen LogP contribution in [0.3, 0.4) is 0 Å². The molecular weight excluding hydrogens is 268 g/mol. The first-order valence-electron chi connectivity index (χ1n) is 8.30. The first-order chi connectivity index (χ1) is 10.0. The lowest BCUT2D eigenvalue weighted by Gasteiger charge is -2.34. The number of urea groups is 1. The highest BCUT2D eigenvalue weighted by Crippen LogP contribution is 2.36. The van der Waals surface area contributed by atoms with Gasteiger partial charge in [-0.15, -0.1) is 0 Å². The van der Waals surface area contributed by atoms with Gasteiger partial charge in [0.05, 0.1) is 5.41 Å². The molecule has 0 radical (unpaired) electrons. The molecule has 5 nitrogen and oxygen atoms in total. The molecular formula is C16H28N2O3. The van der Waals surface area contributed by atoms with E-state index < -0.39 is 11.4 Å². The van der Waals surface area contributed by atoms with Crippen LogP contribution in [0.5, 0.6) is 0 Å². The molecule has 1 unspecified atom stereocenters. The fraction of sp³-hybridized carbons (Fsp3) is 0.875. The van der Waals surface area contributed by atoms with Crippen LogP contribution in [0.2, 0.25) is 0 Å². The number of carbonyl (C=O) groups excluding carboxylic acids is 1. The molecule has 0 bridgehead atoms. The van der Waals surface area contributed by atoms with Gasteiger partial charge in [-0.2, -0.15) is 0 Å². The van der Waals surface area contributed by atoms with E-state index in [1.54, 1.807) is 0 Å². The van der Waals surface area contributed by atoms with Crippen molar-refractivity contribution in [2.75, 3.05) is 19.6 Å². The third-order valence-corrected chi connectivity index (χ3v) is 5.15. The average molecular weight is 296 g/mol. The lowest BCUT2D eigenvalue weighted by Crippen LogP contribution is -2.48. The molecule has 0 aromatic heterocycles. The van der Waals surface area contributed by atoms with Gasteiger partial charge in [-0.25, -0.2) is 4.79 Å². The number of nitrogens with zero attached hydrogens (tertiary/aromatic N) is 1. The van der Waals surface area contributed by atoms with E-state index >= 15 is 0 Å². The number of carboxylic acids is 1. The van der Waals surface area contributed by atoms with Crippen LogP contribution in [0.1, 0.15) is 58.3 Å². The second-order valence-corrected chi connectivity index (χ2v) is 6.83. The second kappa shape index (κ2) is 7.14. The highest BCUT2D eigenvalue weighted by Gasteiger charge is 2.40. The van der Waals surface area contributed by atoms with Gasteiger partial charge in [-0.05, 0) is 38.0 Å². The number of rotatable bonds is 3. The summed E-state index contributed by atoms with van der Waals surface area (Å²) in [5.74, 6) is -0.0847. The highest BCUT2D eigenvalue weighted by atomic mass is 16.4. The van der Waals surface area contributed by atoms with Gasteiger partial charge in [-0.3, -0.25) is 4.79 Å². The minimum atomic E-state index is -0.757. The molecule has 2 N–H and O–H groups in total. The Balaban J connectivity index is 1.88. The molecule has 2 fully saturated rings. The Kier molecular flexibility index (Phi) is 5.48. The van der Waals surface area contributed by atoms with E-state index in [2.05, 4.69) is 12.2 Å². The first kappa shape index (κ1) is 16.1. The second-order valence-electron chi connectivity index (χ2n) is 6.83. The predicted molar refractivity (Wildman–Crippen MR) is 81.1 cm³/mol. The summed E-state index contributed by atoms with van der Waals surface area (Å²) in [5, 5.41) is 12.4. The van der Waals surface area contributed by atoms with Crippen LogP contribution >= 0.6 is 0 Å². The van der Waals surface area contributed by atoms with Crippen LogP contribution in [0.25, 0.3) is 0 Å². The fourth-order valence-corrected chi connectivity index (χ4v) is 3.52. The topological polar surface area (TPSA) is 69.6 Å². The van der Waals surface area contributed by atoms with Gasteiger partial charge in [0, 0.05) is 19.6 Å². The molecule has 1 saturated heterocycles. The molecule has 1 heterocycles. The number of amides is 2. The van der Waals surface area contributed by atoms with Crippen molar-refractivity contribution in [1.29, 1.82) is 0 Å². The van der Waals surface area contributed by atoms with Crippen molar-refractivity contribution in [3.8, 4) is 0 Å². The molecule has 1 aliphatic carbocycles. The van der Waals surface area contributed by atoms with Crippen molar-refractivity contribution < 1.29 is 14.7 Å². The third kappa shape index (κ3) is 4.11. The Morgan fingerprint density at radius 3 is 2.52 bits per heavy atom. The summed E-state index contributed by atoms with van der Waals surface area (Å²) in [4.78, 5) is 25.7. The van der Waals surface area contributed by atoms with Gasteiger partial charge >= 0.3 is 12.0 Å². The van der Waals surface area contributed by atoms with Gasteiger partial charge < -0.3 is 15.3 Å². The summed E-state index contributed by atoms with van der Waals surface area (Å²) in [6.07, 6.45) is 7.61. The van der Waals surface area contributed by atoms with Crippen molar-refractivity contribution >= 4 is 12.0 Å². The molecule has 2 rings (SSSR count). The van der Waals surface area contributed by atoms with Gasteiger partial charge in [0.1, 0.15) is 0 Å². The number of hydrogen-bond donors (Lipinski definition) is 2. The van der Waals surface area contributed by atoms with E-state index in [0.717, 1.165) is 45.2 Å². The summed E-state index contributed by atoms with van der Waals surface area (Å²) in [7, 11) is 0. The van der Waals surface area contributed by atoms with Gasteiger partial charge in [0.15, 0.2) is 0 Å². The molecule has 0 aromatic carbocycles. The third-order valence-electron chi connectivity index (χ3n) is 5.15. The van der Waals surface area contributed by atoms with E-state index in [1.807, 2.05) is 4.90 Å². The standard InChI is InChI=1S/C16H28N2O3/c1-13-6-5-10-18(11-7-13)15(21)17-12-16(14(19)20)8-3-2-4-9-16/h13H,2-12H2,1H3,(H,17,21)(H,19,20). The fourth-order valence-electron chi connectivity index (χ4n) is 3.52. The normalized spacial score (nSPS) is 26.0. The SMILES string of the molecule is CC1CCCN(C(=O)NCC2(C(=O)O)CCCCC2)CC1. The van der Waals surface area contributed by atoms with Crippen molar-refractivity contribution in [1.82, 2.24) is 10.2 Å². The molecule has 1 aliphatic heterocycles. The van der Waals surface area contributed by atoms with Gasteiger partial charge in [-0.1, -0.05) is 26.2 Å². The largest absolute Gasteiger partial charge is 0.481 e. The van der Waals surface area contributed by atoms with E-state index in [1.165, 1.54) is 6.42 Å². The Morgan fingerprint density at radius 2 is 1.86 bits per heavy atom. The number of carboxylic acid groups (broad SMARTS) is 1. The number of hydrogen-bond acceptors (Lipinski definition) is 2. The number of likely N-dealkylation sites (tertiary alicyclic amines) is 1. The molecule has 1 saturated carbocycles. The Bertz CT molecular complexity index is 378. The molecule has 2 amide bonds. The lowest BCUT2D eigenvalue weighted by molar-refractivity contribution is -0.150. The van der Waals surface area contributed by atoms with Crippen LogP contribution in [0.4, 0.5) is 4.79 Å². The lowest BCUT2D eigenvalue weighted by atomic mass is 9.74. The highest BCUT2D eigenvalue weighted by molar-refractivity contribution is 5.78. The maximum atomic E-state index is 12.3. The summed E-state index contributed by atoms with van der Waals surface area (Å²) in [5.41, 5.74) is -0.743. The van der Waals surface area contributed by atoms with E-state index in [4.69, 9.17) is 0 Å². The van der Waals surface area contributed by atoms with Crippen LogP contribution in [-0.2, 0) is 4.79 Å². The van der Waals surface area contributed by atoms with Crippen molar-refractivity contribution in [3.63, 3.8) is 0 Å². The summed E-state index contributed by atoms with van der Waals surface area (Å²) in [6, 6.07) is -0.0877. The zero-order valence-electron chi connectivity index (χ0n) is 13.1. The summed E-state index contributed by atoms with van der Waals surface area (Å²) in [6.45, 7) is 4.07. The zero-order chi connectivity index (χ0) is 15.3. The van der Waals surface area contributed by atoms with Crippen molar-refractivity contribution in [2.24, 2.45) is 11.3 Å². The number of carbonyl (C=O) groups is 2. The number of aliphatic carboxylic acids is 1. The molecule has 0 spiro atoms. The van der Waals surface area contributed by atoms with Crippen LogP contribution in [-0.4, -0.2) is 41.6 Å². The Hall–Kier alpha value is -1.26. The van der Waals surface area contributed by atoms with Crippen molar-refractivity contribution in [2.45, 2.75) is 58.3 Å². The molecule has 1 atom stereocenters. The Labute approximate surface area is 127 Å². The van der Waals surface area contributed by atoms with Crippen molar-refractivity contribution in [3.05, 3.63) is 0 Å². The van der Waals surface area contributed by atoms with Gasteiger partial charge in [0.25, 0.3) is 0 Å². The quantitative estimate of drug-likeness (QED) is 0.841. The van der Waals surface area contributed by atoms with E-state index in [0.29, 0.717) is 18.8 Å². The molecule has 21 heavy (non-hydrogen) atoms. The van der Waals surface area contributed by atoms with E-state index in [9.17, 15) is 14.7 Å². The molecule has 120 valence electrons. The minimum Gasteiger partial charge on any atom is -0.481 e. The molecule has 0 aromatic rings. The smallest absolute Gasteiger partial charge is 0.317 e. The van der Waals surface area contributed by atoms with Crippen LogP contribution < -0.4 is 5.32 Å². The zero-order valence-corrected chi connectivity index (χ0v) is 13.1.